The van der Waals surface area contributed by atoms with Gasteiger partial charge in [-0.25, -0.2) is 0 Å². The minimum atomic E-state index is -0.0503. The van der Waals surface area contributed by atoms with Gasteiger partial charge in [-0.15, -0.1) is 0 Å². The van der Waals surface area contributed by atoms with Crippen LogP contribution in [0.15, 0.2) is 42.5 Å². The predicted octanol–water partition coefficient (Wildman–Crippen LogP) is 2.99. The van der Waals surface area contributed by atoms with Crippen LogP contribution in [0.5, 0.6) is 0 Å². The third-order valence-electron chi connectivity index (χ3n) is 2.60. The van der Waals surface area contributed by atoms with Crippen LogP contribution in [-0.2, 0) is 13.2 Å². The van der Waals surface area contributed by atoms with Gasteiger partial charge in [0.05, 0.1) is 13.2 Å². The molecule has 2 aromatic rings. The molecule has 0 aliphatic carbocycles. The van der Waals surface area contributed by atoms with Crippen molar-refractivity contribution in [1.82, 2.24) is 0 Å². The quantitative estimate of drug-likeness (QED) is 0.877. The van der Waals surface area contributed by atoms with Gasteiger partial charge in [0, 0.05) is 10.6 Å². The second kappa shape index (κ2) is 5.32. The highest BCUT2D eigenvalue weighted by Gasteiger charge is 2.05. The zero-order valence-corrected chi connectivity index (χ0v) is 9.98. The van der Waals surface area contributed by atoms with Gasteiger partial charge >= 0.3 is 0 Å². The topological polar surface area (TPSA) is 40.5 Å². The summed E-state index contributed by atoms with van der Waals surface area (Å²) in [5, 5.41) is 19.0. The second-order valence-electron chi connectivity index (χ2n) is 3.83. The van der Waals surface area contributed by atoms with Gasteiger partial charge in [0.15, 0.2) is 0 Å². The predicted molar refractivity (Wildman–Crippen MR) is 68.7 cm³/mol. The Morgan fingerprint density at radius 1 is 0.882 bits per heavy atom. The van der Waals surface area contributed by atoms with E-state index in [4.69, 9.17) is 11.6 Å². The van der Waals surface area contributed by atoms with Gasteiger partial charge in [-0.2, -0.15) is 0 Å². The van der Waals surface area contributed by atoms with E-state index in [9.17, 15) is 10.2 Å². The average molecular weight is 249 g/mol. The molecule has 0 unspecified atom stereocenters. The van der Waals surface area contributed by atoms with Crippen LogP contribution in [0.2, 0.25) is 5.02 Å². The Hall–Kier alpha value is -1.35. The molecule has 0 radical (unpaired) electrons. The van der Waals surface area contributed by atoms with Crippen LogP contribution in [0.25, 0.3) is 11.1 Å². The summed E-state index contributed by atoms with van der Waals surface area (Å²) in [5.74, 6) is 0. The zero-order valence-electron chi connectivity index (χ0n) is 9.23. The SMILES string of the molecule is OCc1cc(CO)cc(-c2ccccc2Cl)c1. The Balaban J connectivity index is 2.55. The Bertz CT molecular complexity index is 501. The lowest BCUT2D eigenvalue weighted by atomic mass is 10.00. The molecule has 0 heterocycles. The molecule has 0 aromatic heterocycles. The van der Waals surface area contributed by atoms with Crippen LogP contribution in [-0.4, -0.2) is 10.2 Å². The third kappa shape index (κ3) is 2.67. The molecule has 2 aromatic carbocycles. The fraction of sp³-hybridized carbons (Fsp3) is 0.143. The van der Waals surface area contributed by atoms with E-state index in [1.165, 1.54) is 0 Å². The Morgan fingerprint density at radius 2 is 1.47 bits per heavy atom. The molecule has 0 aliphatic heterocycles. The van der Waals surface area contributed by atoms with Crippen LogP contribution in [0.1, 0.15) is 11.1 Å². The molecule has 0 saturated heterocycles. The van der Waals surface area contributed by atoms with Gasteiger partial charge in [-0.3, -0.25) is 0 Å². The molecule has 0 spiro atoms. The number of aliphatic hydroxyl groups is 2. The van der Waals surface area contributed by atoms with Crippen molar-refractivity contribution in [3.8, 4) is 11.1 Å². The Labute approximate surface area is 105 Å². The number of benzene rings is 2. The summed E-state index contributed by atoms with van der Waals surface area (Å²) in [4.78, 5) is 0. The van der Waals surface area contributed by atoms with Gasteiger partial charge in [0.25, 0.3) is 0 Å². The van der Waals surface area contributed by atoms with E-state index >= 15 is 0 Å². The third-order valence-corrected chi connectivity index (χ3v) is 2.93. The number of hydrogen-bond donors (Lipinski definition) is 2. The van der Waals surface area contributed by atoms with Crippen molar-refractivity contribution in [2.24, 2.45) is 0 Å². The van der Waals surface area contributed by atoms with Crippen LogP contribution in [0.4, 0.5) is 0 Å². The van der Waals surface area contributed by atoms with E-state index < -0.39 is 0 Å². The molecule has 3 heteroatoms. The number of rotatable bonds is 3. The Morgan fingerprint density at radius 3 is 2.00 bits per heavy atom. The van der Waals surface area contributed by atoms with Crippen molar-refractivity contribution >= 4 is 11.6 Å². The van der Waals surface area contributed by atoms with Crippen molar-refractivity contribution in [2.45, 2.75) is 13.2 Å². The fourth-order valence-corrected chi connectivity index (χ4v) is 2.04. The maximum Gasteiger partial charge on any atom is 0.0682 e. The Kier molecular flexibility index (Phi) is 3.79. The van der Waals surface area contributed by atoms with Crippen LogP contribution in [0, 0.1) is 0 Å². The van der Waals surface area contributed by atoms with Crippen molar-refractivity contribution < 1.29 is 10.2 Å². The highest BCUT2D eigenvalue weighted by atomic mass is 35.5. The van der Waals surface area contributed by atoms with Gasteiger partial charge < -0.3 is 10.2 Å². The summed E-state index contributed by atoms with van der Waals surface area (Å²) in [5.41, 5.74) is 3.35. The molecule has 0 fully saturated rings. The highest BCUT2D eigenvalue weighted by Crippen LogP contribution is 2.29. The van der Waals surface area contributed by atoms with Crippen molar-refractivity contribution in [3.05, 3.63) is 58.6 Å². The van der Waals surface area contributed by atoms with E-state index in [1.54, 1.807) is 6.07 Å². The summed E-state index contributed by atoms with van der Waals surface area (Å²) >= 11 is 6.12. The van der Waals surface area contributed by atoms with E-state index in [-0.39, 0.29) is 13.2 Å². The number of hydrogen-bond acceptors (Lipinski definition) is 2. The maximum absolute atomic E-state index is 9.18. The molecule has 88 valence electrons. The average Bonchev–Trinajstić information content (AvgIpc) is 2.38. The largest absolute Gasteiger partial charge is 0.392 e. The maximum atomic E-state index is 9.18. The zero-order chi connectivity index (χ0) is 12.3. The number of halogens is 1. The van der Waals surface area contributed by atoms with Gasteiger partial charge in [-0.1, -0.05) is 35.9 Å². The second-order valence-corrected chi connectivity index (χ2v) is 4.24. The first-order valence-corrected chi connectivity index (χ1v) is 5.72. The van der Waals surface area contributed by atoms with Crippen molar-refractivity contribution in [3.63, 3.8) is 0 Å². The van der Waals surface area contributed by atoms with Gasteiger partial charge in [-0.05, 0) is 34.9 Å². The molecule has 0 atom stereocenters. The fourth-order valence-electron chi connectivity index (χ4n) is 1.80. The summed E-state index contributed by atoms with van der Waals surface area (Å²) < 4.78 is 0. The molecule has 0 aliphatic rings. The molecule has 2 N–H and O–H groups in total. The molecule has 0 saturated carbocycles. The van der Waals surface area contributed by atoms with Crippen molar-refractivity contribution in [1.29, 1.82) is 0 Å². The summed E-state index contributed by atoms with van der Waals surface area (Å²) in [6.07, 6.45) is 0. The molecule has 2 nitrogen and oxygen atoms in total. The van der Waals surface area contributed by atoms with Crippen molar-refractivity contribution in [2.75, 3.05) is 0 Å². The lowest BCUT2D eigenvalue weighted by molar-refractivity contribution is 0.275. The van der Waals surface area contributed by atoms with E-state index in [2.05, 4.69) is 0 Å². The smallest absolute Gasteiger partial charge is 0.0682 e. The first-order valence-electron chi connectivity index (χ1n) is 5.34. The first kappa shape index (κ1) is 12.1. The molecule has 17 heavy (non-hydrogen) atoms. The van der Waals surface area contributed by atoms with Crippen LogP contribution in [0.3, 0.4) is 0 Å². The van der Waals surface area contributed by atoms with Gasteiger partial charge in [0.2, 0.25) is 0 Å². The molecular formula is C14H13ClO2. The number of aliphatic hydroxyl groups excluding tert-OH is 2. The van der Waals surface area contributed by atoms with E-state index in [0.29, 0.717) is 5.02 Å². The molecule has 2 rings (SSSR count). The van der Waals surface area contributed by atoms with Crippen LogP contribution < -0.4 is 0 Å². The normalized spacial score (nSPS) is 10.5. The summed E-state index contributed by atoms with van der Waals surface area (Å²) in [6, 6.07) is 13.0. The summed E-state index contributed by atoms with van der Waals surface area (Å²) in [7, 11) is 0. The first-order chi connectivity index (χ1) is 8.24. The molecule has 0 amide bonds. The highest BCUT2D eigenvalue weighted by molar-refractivity contribution is 6.33. The van der Waals surface area contributed by atoms with Crippen LogP contribution >= 0.6 is 11.6 Å². The minimum absolute atomic E-state index is 0.0503. The standard InChI is InChI=1S/C14H13ClO2/c15-14-4-2-1-3-13(14)12-6-10(8-16)5-11(7-12)9-17/h1-7,16-17H,8-9H2. The van der Waals surface area contributed by atoms with E-state index in [1.807, 2.05) is 36.4 Å². The molecular weight excluding hydrogens is 236 g/mol. The monoisotopic (exact) mass is 248 g/mol. The molecule has 0 bridgehead atoms. The summed E-state index contributed by atoms with van der Waals surface area (Å²) in [6.45, 7) is -0.101. The van der Waals surface area contributed by atoms with Gasteiger partial charge in [0.1, 0.15) is 0 Å². The minimum Gasteiger partial charge on any atom is -0.392 e. The lowest BCUT2D eigenvalue weighted by Crippen LogP contribution is -1.91. The lowest BCUT2D eigenvalue weighted by Gasteiger charge is -2.08. The van der Waals surface area contributed by atoms with E-state index in [0.717, 1.165) is 22.3 Å².